The summed E-state index contributed by atoms with van der Waals surface area (Å²) in [6.45, 7) is 6.46. The van der Waals surface area contributed by atoms with Crippen molar-refractivity contribution in [2.75, 3.05) is 18.6 Å². The average molecular weight is 304 g/mol. The number of amides is 2. The van der Waals surface area contributed by atoms with E-state index in [1.807, 2.05) is 39.0 Å². The fraction of sp³-hybridized carbons (Fsp3) is 0.529. The van der Waals surface area contributed by atoms with Gasteiger partial charge in [0, 0.05) is 12.6 Å². The second-order valence-corrected chi connectivity index (χ2v) is 5.82. The predicted octanol–water partition coefficient (Wildman–Crippen LogP) is 2.27. The lowest BCUT2D eigenvalue weighted by atomic mass is 10.1. The van der Waals surface area contributed by atoms with Crippen LogP contribution in [0.1, 0.15) is 32.3 Å². The molecule has 1 fully saturated rings. The lowest BCUT2D eigenvalue weighted by Crippen LogP contribution is -2.40. The molecule has 1 saturated heterocycles. The highest BCUT2D eigenvalue weighted by Crippen LogP contribution is 2.34. The first-order valence-corrected chi connectivity index (χ1v) is 7.74. The smallest absolute Gasteiger partial charge is 0.239 e. The Labute approximate surface area is 131 Å². The van der Waals surface area contributed by atoms with Gasteiger partial charge in [0.2, 0.25) is 11.8 Å². The molecule has 1 aliphatic heterocycles. The van der Waals surface area contributed by atoms with Crippen LogP contribution in [0, 0.1) is 12.8 Å². The summed E-state index contributed by atoms with van der Waals surface area (Å²) in [6.07, 6.45) is 1.39. The molecule has 1 N–H and O–H groups in total. The van der Waals surface area contributed by atoms with Gasteiger partial charge in [-0.05, 0) is 44.4 Å². The van der Waals surface area contributed by atoms with Crippen LogP contribution in [0.3, 0.4) is 0 Å². The third-order valence-corrected chi connectivity index (χ3v) is 4.15. The molecule has 1 aromatic rings. The molecule has 120 valence electrons. The predicted molar refractivity (Wildman–Crippen MR) is 86.1 cm³/mol. The Morgan fingerprint density at radius 3 is 2.86 bits per heavy atom. The Kier molecular flexibility index (Phi) is 5.06. The number of hydrogen-bond donors (Lipinski definition) is 1. The Bertz CT molecular complexity index is 571. The number of hydrogen-bond acceptors (Lipinski definition) is 3. The minimum absolute atomic E-state index is 0.0860. The first kappa shape index (κ1) is 16.3. The number of ether oxygens (including phenoxy) is 1. The molecule has 0 bridgehead atoms. The van der Waals surface area contributed by atoms with Gasteiger partial charge in [0.15, 0.2) is 0 Å². The summed E-state index contributed by atoms with van der Waals surface area (Å²) in [7, 11) is 1.59. The number of aryl methyl sites for hydroxylation is 1. The van der Waals surface area contributed by atoms with Gasteiger partial charge in [-0.25, -0.2) is 0 Å². The number of carbonyl (C=O) groups is 2. The molecule has 22 heavy (non-hydrogen) atoms. The second kappa shape index (κ2) is 6.81. The monoisotopic (exact) mass is 304 g/mol. The summed E-state index contributed by atoms with van der Waals surface area (Å²) in [5.41, 5.74) is 1.79. The SMILES string of the molecule is CCC(C)NC(=O)C1CCN(c2cc(C)ccc2OC)C1=O. The topological polar surface area (TPSA) is 58.6 Å². The zero-order chi connectivity index (χ0) is 16.3. The second-order valence-electron chi connectivity index (χ2n) is 5.82. The summed E-state index contributed by atoms with van der Waals surface area (Å²) in [4.78, 5) is 26.5. The van der Waals surface area contributed by atoms with E-state index in [4.69, 9.17) is 4.74 Å². The van der Waals surface area contributed by atoms with Gasteiger partial charge in [-0.15, -0.1) is 0 Å². The maximum atomic E-state index is 12.6. The number of nitrogens with one attached hydrogen (secondary N) is 1. The normalized spacial score (nSPS) is 19.2. The molecule has 2 unspecified atom stereocenters. The van der Waals surface area contributed by atoms with Crippen LogP contribution >= 0.6 is 0 Å². The molecule has 0 radical (unpaired) electrons. The van der Waals surface area contributed by atoms with Crippen LogP contribution in [0.4, 0.5) is 5.69 Å². The fourth-order valence-corrected chi connectivity index (χ4v) is 2.62. The standard InChI is InChI=1S/C17H24N2O3/c1-5-12(3)18-16(20)13-8-9-19(17(13)21)14-10-11(2)6-7-15(14)22-4/h6-7,10,12-13H,5,8-9H2,1-4H3,(H,18,20). The van der Waals surface area contributed by atoms with Crippen LogP contribution in [0.25, 0.3) is 0 Å². The quantitative estimate of drug-likeness (QED) is 0.849. The largest absolute Gasteiger partial charge is 0.495 e. The van der Waals surface area contributed by atoms with E-state index in [1.165, 1.54) is 0 Å². The number of carbonyl (C=O) groups excluding carboxylic acids is 2. The van der Waals surface area contributed by atoms with Crippen molar-refractivity contribution in [3.05, 3.63) is 23.8 Å². The molecule has 5 nitrogen and oxygen atoms in total. The Balaban J connectivity index is 2.18. The van der Waals surface area contributed by atoms with Crippen molar-refractivity contribution in [1.82, 2.24) is 5.32 Å². The number of rotatable bonds is 5. The van der Waals surface area contributed by atoms with Crippen molar-refractivity contribution in [2.45, 2.75) is 39.7 Å². The van der Waals surface area contributed by atoms with Crippen LogP contribution in [0.2, 0.25) is 0 Å². The Morgan fingerprint density at radius 2 is 2.23 bits per heavy atom. The van der Waals surface area contributed by atoms with E-state index in [-0.39, 0.29) is 17.9 Å². The van der Waals surface area contributed by atoms with E-state index in [0.29, 0.717) is 18.7 Å². The third-order valence-electron chi connectivity index (χ3n) is 4.15. The van der Waals surface area contributed by atoms with Gasteiger partial charge in [0.1, 0.15) is 11.7 Å². The lowest BCUT2D eigenvalue weighted by molar-refractivity contribution is -0.132. The highest BCUT2D eigenvalue weighted by atomic mass is 16.5. The molecule has 1 aliphatic rings. The highest BCUT2D eigenvalue weighted by Gasteiger charge is 2.38. The van der Waals surface area contributed by atoms with Crippen LogP contribution in [0.5, 0.6) is 5.75 Å². The van der Waals surface area contributed by atoms with E-state index in [2.05, 4.69) is 5.32 Å². The van der Waals surface area contributed by atoms with Gasteiger partial charge in [0.25, 0.3) is 0 Å². The fourth-order valence-electron chi connectivity index (χ4n) is 2.62. The zero-order valence-electron chi connectivity index (χ0n) is 13.7. The molecular formula is C17H24N2O3. The van der Waals surface area contributed by atoms with E-state index in [0.717, 1.165) is 17.7 Å². The Hall–Kier alpha value is -2.04. The van der Waals surface area contributed by atoms with Crippen molar-refractivity contribution in [2.24, 2.45) is 5.92 Å². The van der Waals surface area contributed by atoms with Gasteiger partial charge in [0.05, 0.1) is 12.8 Å². The first-order valence-electron chi connectivity index (χ1n) is 7.74. The molecule has 0 aromatic heterocycles. The van der Waals surface area contributed by atoms with E-state index >= 15 is 0 Å². The maximum Gasteiger partial charge on any atom is 0.239 e. The number of anilines is 1. The molecule has 1 heterocycles. The van der Waals surface area contributed by atoms with Crippen LogP contribution in [-0.2, 0) is 9.59 Å². The molecule has 0 spiro atoms. The lowest BCUT2D eigenvalue weighted by Gasteiger charge is -2.20. The average Bonchev–Trinajstić information content (AvgIpc) is 2.88. The third kappa shape index (κ3) is 3.24. The van der Waals surface area contributed by atoms with Gasteiger partial charge < -0.3 is 15.0 Å². The molecule has 0 aliphatic carbocycles. The summed E-state index contributed by atoms with van der Waals surface area (Å²) < 4.78 is 5.34. The Morgan fingerprint density at radius 1 is 1.50 bits per heavy atom. The molecule has 0 saturated carbocycles. The molecule has 2 amide bonds. The van der Waals surface area contributed by atoms with Crippen LogP contribution < -0.4 is 15.0 Å². The van der Waals surface area contributed by atoms with Gasteiger partial charge >= 0.3 is 0 Å². The summed E-state index contributed by atoms with van der Waals surface area (Å²) in [5.74, 6) is -0.265. The summed E-state index contributed by atoms with van der Waals surface area (Å²) in [6, 6.07) is 5.80. The van der Waals surface area contributed by atoms with Gasteiger partial charge in [-0.3, -0.25) is 9.59 Å². The van der Waals surface area contributed by atoms with E-state index in [9.17, 15) is 9.59 Å². The van der Waals surface area contributed by atoms with Crippen LogP contribution in [-0.4, -0.2) is 31.5 Å². The maximum absolute atomic E-state index is 12.6. The summed E-state index contributed by atoms with van der Waals surface area (Å²) in [5, 5.41) is 2.90. The molecule has 2 rings (SSSR count). The van der Waals surface area contributed by atoms with Crippen molar-refractivity contribution in [3.8, 4) is 5.75 Å². The van der Waals surface area contributed by atoms with Crippen molar-refractivity contribution >= 4 is 17.5 Å². The number of nitrogens with zero attached hydrogens (tertiary/aromatic N) is 1. The van der Waals surface area contributed by atoms with Gasteiger partial charge in [-0.2, -0.15) is 0 Å². The molecule has 5 heteroatoms. The molecule has 1 aromatic carbocycles. The number of benzene rings is 1. The molecule has 2 atom stereocenters. The first-order chi connectivity index (χ1) is 10.5. The van der Waals surface area contributed by atoms with Crippen LogP contribution in [0.15, 0.2) is 18.2 Å². The molecular weight excluding hydrogens is 280 g/mol. The van der Waals surface area contributed by atoms with E-state index < -0.39 is 5.92 Å². The van der Waals surface area contributed by atoms with Crippen molar-refractivity contribution in [1.29, 1.82) is 0 Å². The minimum Gasteiger partial charge on any atom is -0.495 e. The zero-order valence-corrected chi connectivity index (χ0v) is 13.7. The minimum atomic E-state index is -0.598. The van der Waals surface area contributed by atoms with Gasteiger partial charge in [-0.1, -0.05) is 13.0 Å². The number of methoxy groups -OCH3 is 1. The van der Waals surface area contributed by atoms with Crippen molar-refractivity contribution in [3.63, 3.8) is 0 Å². The van der Waals surface area contributed by atoms with Crippen molar-refractivity contribution < 1.29 is 14.3 Å². The highest BCUT2D eigenvalue weighted by molar-refractivity contribution is 6.10. The summed E-state index contributed by atoms with van der Waals surface area (Å²) >= 11 is 0. The van der Waals surface area contributed by atoms with E-state index in [1.54, 1.807) is 12.0 Å².